The van der Waals surface area contributed by atoms with Crippen molar-refractivity contribution in [2.45, 2.75) is 45.4 Å². The first-order chi connectivity index (χ1) is 6.56. The molecular formula is C11H23FN2. The van der Waals surface area contributed by atoms with Gasteiger partial charge in [0.05, 0.1) is 0 Å². The van der Waals surface area contributed by atoms with E-state index >= 15 is 0 Å². The third kappa shape index (κ3) is 2.67. The predicted molar refractivity (Wildman–Crippen MR) is 58.3 cm³/mol. The zero-order chi connectivity index (χ0) is 10.7. The zero-order valence-corrected chi connectivity index (χ0v) is 9.83. The summed E-state index contributed by atoms with van der Waals surface area (Å²) in [5.41, 5.74) is 0. The Hall–Kier alpha value is -0.150. The van der Waals surface area contributed by atoms with E-state index in [1.165, 1.54) is 0 Å². The maximum absolute atomic E-state index is 13.8. The van der Waals surface area contributed by atoms with E-state index in [1.54, 1.807) is 0 Å². The number of rotatable bonds is 3. The van der Waals surface area contributed by atoms with Crippen molar-refractivity contribution in [1.82, 2.24) is 9.80 Å². The van der Waals surface area contributed by atoms with Gasteiger partial charge in [-0.1, -0.05) is 6.92 Å². The molecule has 0 amide bonds. The molecule has 84 valence electrons. The molecule has 1 aliphatic rings. The fourth-order valence-corrected chi connectivity index (χ4v) is 2.40. The van der Waals surface area contributed by atoms with Crippen LogP contribution in [0.4, 0.5) is 4.39 Å². The van der Waals surface area contributed by atoms with E-state index in [9.17, 15) is 4.39 Å². The van der Waals surface area contributed by atoms with Crippen LogP contribution in [0.2, 0.25) is 0 Å². The Morgan fingerprint density at radius 2 is 2.14 bits per heavy atom. The van der Waals surface area contributed by atoms with Crippen molar-refractivity contribution in [2.24, 2.45) is 0 Å². The molecule has 1 fully saturated rings. The minimum Gasteiger partial charge on any atom is -0.303 e. The van der Waals surface area contributed by atoms with Gasteiger partial charge in [-0.2, -0.15) is 0 Å². The van der Waals surface area contributed by atoms with E-state index in [-0.39, 0.29) is 6.04 Å². The van der Waals surface area contributed by atoms with Gasteiger partial charge in [-0.3, -0.25) is 4.90 Å². The summed E-state index contributed by atoms with van der Waals surface area (Å²) in [6, 6.07) is 0.586. The second kappa shape index (κ2) is 5.08. The Bertz CT molecular complexity index is 173. The number of piperidine rings is 1. The summed E-state index contributed by atoms with van der Waals surface area (Å²) in [5.74, 6) is 0. The number of likely N-dealkylation sites (tertiary alicyclic amines) is 1. The Morgan fingerprint density at radius 3 is 2.57 bits per heavy atom. The van der Waals surface area contributed by atoms with Gasteiger partial charge >= 0.3 is 0 Å². The lowest BCUT2D eigenvalue weighted by Gasteiger charge is -2.41. The number of hydrogen-bond acceptors (Lipinski definition) is 2. The summed E-state index contributed by atoms with van der Waals surface area (Å²) in [4.78, 5) is 4.35. The molecule has 0 radical (unpaired) electrons. The maximum Gasteiger partial charge on any atom is 0.128 e. The largest absolute Gasteiger partial charge is 0.303 e. The monoisotopic (exact) mass is 202 g/mol. The first-order valence-electron chi connectivity index (χ1n) is 5.64. The predicted octanol–water partition coefficient (Wildman–Crippen LogP) is 1.76. The van der Waals surface area contributed by atoms with Gasteiger partial charge in [-0.15, -0.1) is 0 Å². The van der Waals surface area contributed by atoms with Crippen LogP contribution in [0.3, 0.4) is 0 Å². The Labute approximate surface area is 87.1 Å². The highest BCUT2D eigenvalue weighted by molar-refractivity contribution is 4.87. The normalized spacial score (nSPS) is 30.2. The minimum atomic E-state index is -0.684. The number of nitrogens with zero attached hydrogens (tertiary/aromatic N) is 2. The fraction of sp³-hybridized carbons (Fsp3) is 1.00. The molecule has 0 bridgehead atoms. The molecular weight excluding hydrogens is 179 g/mol. The third-order valence-electron chi connectivity index (χ3n) is 3.16. The van der Waals surface area contributed by atoms with Crippen LogP contribution in [0.15, 0.2) is 0 Å². The smallest absolute Gasteiger partial charge is 0.128 e. The summed E-state index contributed by atoms with van der Waals surface area (Å²) in [6.07, 6.45) is 0.278. The molecule has 0 aromatic carbocycles. The van der Waals surface area contributed by atoms with Crippen LogP contribution in [-0.4, -0.2) is 54.7 Å². The summed E-state index contributed by atoms with van der Waals surface area (Å²) in [5, 5.41) is 0. The highest BCUT2D eigenvalue weighted by Gasteiger charge is 2.32. The Kier molecular flexibility index (Phi) is 4.32. The Balaban J connectivity index is 2.57. The van der Waals surface area contributed by atoms with Gasteiger partial charge in [-0.05, 0) is 40.4 Å². The maximum atomic E-state index is 13.8. The van der Waals surface area contributed by atoms with Gasteiger partial charge in [0.25, 0.3) is 0 Å². The molecule has 0 aromatic heterocycles. The van der Waals surface area contributed by atoms with E-state index in [0.717, 1.165) is 19.5 Å². The van der Waals surface area contributed by atoms with Crippen LogP contribution in [0.5, 0.6) is 0 Å². The molecule has 2 nitrogen and oxygen atoms in total. The molecule has 2 atom stereocenters. The first kappa shape index (κ1) is 11.9. The van der Waals surface area contributed by atoms with Crippen LogP contribution < -0.4 is 0 Å². The fourth-order valence-electron chi connectivity index (χ4n) is 2.40. The van der Waals surface area contributed by atoms with Crippen LogP contribution in [0, 0.1) is 0 Å². The zero-order valence-electron chi connectivity index (χ0n) is 9.83. The molecule has 1 aliphatic heterocycles. The topological polar surface area (TPSA) is 6.48 Å². The van der Waals surface area contributed by atoms with E-state index in [0.29, 0.717) is 12.6 Å². The molecule has 0 aliphatic carbocycles. The van der Waals surface area contributed by atoms with Crippen LogP contribution in [-0.2, 0) is 0 Å². The third-order valence-corrected chi connectivity index (χ3v) is 3.16. The quantitative estimate of drug-likeness (QED) is 0.688. The van der Waals surface area contributed by atoms with Crippen molar-refractivity contribution < 1.29 is 4.39 Å². The van der Waals surface area contributed by atoms with E-state index in [2.05, 4.69) is 30.6 Å². The van der Waals surface area contributed by atoms with Gasteiger partial charge < -0.3 is 4.90 Å². The van der Waals surface area contributed by atoms with Crippen molar-refractivity contribution in [3.63, 3.8) is 0 Å². The SMILES string of the molecule is CCN(C(C)C)C1CCN(C)CC1F. The molecule has 0 aromatic rings. The number of hydrogen-bond donors (Lipinski definition) is 0. The molecule has 0 saturated carbocycles. The first-order valence-corrected chi connectivity index (χ1v) is 5.64. The molecule has 0 N–H and O–H groups in total. The van der Waals surface area contributed by atoms with Gasteiger partial charge in [-0.25, -0.2) is 4.39 Å². The molecule has 0 spiro atoms. The highest BCUT2D eigenvalue weighted by atomic mass is 19.1. The number of alkyl halides is 1. The van der Waals surface area contributed by atoms with Crippen molar-refractivity contribution in [2.75, 3.05) is 26.7 Å². The van der Waals surface area contributed by atoms with Crippen molar-refractivity contribution in [3.05, 3.63) is 0 Å². The van der Waals surface area contributed by atoms with E-state index in [1.807, 2.05) is 7.05 Å². The minimum absolute atomic E-state index is 0.135. The van der Waals surface area contributed by atoms with Crippen LogP contribution in [0.1, 0.15) is 27.2 Å². The molecule has 3 heteroatoms. The van der Waals surface area contributed by atoms with Gasteiger partial charge in [0, 0.05) is 18.6 Å². The molecule has 14 heavy (non-hydrogen) atoms. The van der Waals surface area contributed by atoms with E-state index < -0.39 is 6.17 Å². The van der Waals surface area contributed by atoms with Crippen LogP contribution in [0.25, 0.3) is 0 Å². The van der Waals surface area contributed by atoms with Crippen LogP contribution >= 0.6 is 0 Å². The standard InChI is InChI=1S/C11H23FN2/c1-5-14(9(2)3)11-6-7-13(4)8-10(11)12/h9-11H,5-8H2,1-4H3. The van der Waals surface area contributed by atoms with Crippen molar-refractivity contribution in [3.8, 4) is 0 Å². The lowest BCUT2D eigenvalue weighted by atomic mass is 10.0. The Morgan fingerprint density at radius 1 is 1.50 bits per heavy atom. The summed E-state index contributed by atoms with van der Waals surface area (Å²) < 4.78 is 13.8. The molecule has 1 saturated heterocycles. The van der Waals surface area contributed by atoms with Gasteiger partial charge in [0.15, 0.2) is 0 Å². The summed E-state index contributed by atoms with van der Waals surface area (Å²) in [7, 11) is 1.99. The lowest BCUT2D eigenvalue weighted by Crippen LogP contribution is -2.53. The molecule has 2 unspecified atom stereocenters. The molecule has 1 rings (SSSR count). The summed E-state index contributed by atoms with van der Waals surface area (Å²) in [6.45, 7) is 8.97. The van der Waals surface area contributed by atoms with Gasteiger partial charge in [0.2, 0.25) is 0 Å². The second-order valence-electron chi connectivity index (χ2n) is 4.56. The second-order valence-corrected chi connectivity index (χ2v) is 4.56. The van der Waals surface area contributed by atoms with E-state index in [4.69, 9.17) is 0 Å². The lowest BCUT2D eigenvalue weighted by molar-refractivity contribution is 0.0298. The average Bonchev–Trinajstić information content (AvgIpc) is 2.09. The summed E-state index contributed by atoms with van der Waals surface area (Å²) >= 11 is 0. The van der Waals surface area contributed by atoms with Crippen molar-refractivity contribution >= 4 is 0 Å². The number of halogens is 1. The molecule has 1 heterocycles. The van der Waals surface area contributed by atoms with Gasteiger partial charge in [0.1, 0.15) is 6.17 Å². The average molecular weight is 202 g/mol. The van der Waals surface area contributed by atoms with Crippen molar-refractivity contribution in [1.29, 1.82) is 0 Å². The highest BCUT2D eigenvalue weighted by Crippen LogP contribution is 2.20.